The van der Waals surface area contributed by atoms with Crippen LogP contribution in [0.15, 0.2) is 42.7 Å². The molecule has 1 aromatic carbocycles. The van der Waals surface area contributed by atoms with Crippen molar-refractivity contribution in [2.24, 2.45) is 0 Å². The molecule has 0 N–H and O–H groups in total. The van der Waals surface area contributed by atoms with Gasteiger partial charge in [0, 0.05) is 51.5 Å². The summed E-state index contributed by atoms with van der Waals surface area (Å²) in [5, 5.41) is 0. The molecule has 27 heavy (non-hydrogen) atoms. The zero-order chi connectivity index (χ0) is 19.1. The Labute approximate surface area is 160 Å². The number of nitrogens with zero attached hydrogens (tertiary/aromatic N) is 3. The number of piperazine rings is 1. The Hall–Kier alpha value is -2.60. The second kappa shape index (κ2) is 9.37. The summed E-state index contributed by atoms with van der Waals surface area (Å²) in [4.78, 5) is 21.1. The maximum atomic E-state index is 12.6. The largest absolute Gasteiger partial charge is 0.497 e. The molecule has 0 aliphatic carbocycles. The van der Waals surface area contributed by atoms with Crippen LogP contribution in [0.5, 0.6) is 11.5 Å². The number of hydrogen-bond donors (Lipinski definition) is 0. The average Bonchev–Trinajstić information content (AvgIpc) is 2.73. The van der Waals surface area contributed by atoms with Crippen LogP contribution >= 0.6 is 0 Å². The minimum atomic E-state index is 0.195. The molecule has 0 radical (unpaired) electrons. The van der Waals surface area contributed by atoms with Gasteiger partial charge in [-0.25, -0.2) is 0 Å². The number of pyridine rings is 1. The molecule has 2 heterocycles. The summed E-state index contributed by atoms with van der Waals surface area (Å²) in [6.07, 6.45) is 4.82. The van der Waals surface area contributed by atoms with Crippen LogP contribution in [-0.2, 0) is 17.8 Å². The van der Waals surface area contributed by atoms with Gasteiger partial charge in [0.05, 0.1) is 14.2 Å². The second-order valence-electron chi connectivity index (χ2n) is 6.70. The fraction of sp³-hybridized carbons (Fsp3) is 0.429. The van der Waals surface area contributed by atoms with Crippen molar-refractivity contribution < 1.29 is 14.3 Å². The Kier molecular flexibility index (Phi) is 6.65. The van der Waals surface area contributed by atoms with Crippen molar-refractivity contribution in [2.45, 2.75) is 19.4 Å². The number of methoxy groups -OCH3 is 2. The average molecular weight is 369 g/mol. The molecule has 0 saturated carbocycles. The van der Waals surface area contributed by atoms with Crippen molar-refractivity contribution in [3.05, 3.63) is 53.9 Å². The van der Waals surface area contributed by atoms with E-state index in [9.17, 15) is 4.79 Å². The maximum Gasteiger partial charge on any atom is 0.222 e. The second-order valence-corrected chi connectivity index (χ2v) is 6.70. The lowest BCUT2D eigenvalue weighted by Crippen LogP contribution is -2.48. The van der Waals surface area contributed by atoms with Crippen LogP contribution in [0.3, 0.4) is 0 Å². The number of amides is 1. The van der Waals surface area contributed by atoms with Crippen molar-refractivity contribution in [2.75, 3.05) is 40.4 Å². The molecule has 3 rings (SSSR count). The van der Waals surface area contributed by atoms with E-state index in [0.29, 0.717) is 12.8 Å². The summed E-state index contributed by atoms with van der Waals surface area (Å²) < 4.78 is 10.7. The molecule has 6 heteroatoms. The minimum Gasteiger partial charge on any atom is -0.497 e. The third kappa shape index (κ3) is 5.20. The summed E-state index contributed by atoms with van der Waals surface area (Å²) in [7, 11) is 3.29. The van der Waals surface area contributed by atoms with E-state index in [1.807, 2.05) is 35.4 Å². The van der Waals surface area contributed by atoms with E-state index in [2.05, 4.69) is 16.0 Å². The van der Waals surface area contributed by atoms with Crippen LogP contribution in [0, 0.1) is 0 Å². The summed E-state index contributed by atoms with van der Waals surface area (Å²) in [6.45, 7) is 4.21. The standard InChI is InChI=1S/C21H27N3O3/c1-26-19-6-7-20(27-2)18(14-19)5-8-21(25)24-12-10-23(11-13-24)16-17-4-3-9-22-15-17/h3-4,6-7,9,14-15H,5,8,10-13,16H2,1-2H3. The van der Waals surface area contributed by atoms with Gasteiger partial charge in [0.25, 0.3) is 0 Å². The Balaban J connectivity index is 1.48. The number of carbonyl (C=O) groups excluding carboxylic acids is 1. The number of ether oxygens (including phenoxy) is 2. The Morgan fingerprint density at radius 3 is 2.59 bits per heavy atom. The fourth-order valence-corrected chi connectivity index (χ4v) is 3.38. The number of aryl methyl sites for hydroxylation is 1. The predicted octanol–water partition coefficient (Wildman–Crippen LogP) is 2.38. The molecule has 6 nitrogen and oxygen atoms in total. The molecule has 1 aliphatic rings. The van der Waals surface area contributed by atoms with Crippen LogP contribution in [0.2, 0.25) is 0 Å². The molecular formula is C21H27N3O3. The zero-order valence-corrected chi connectivity index (χ0v) is 16.1. The lowest BCUT2D eigenvalue weighted by atomic mass is 10.1. The van der Waals surface area contributed by atoms with E-state index >= 15 is 0 Å². The van der Waals surface area contributed by atoms with Crippen molar-refractivity contribution in [3.63, 3.8) is 0 Å². The van der Waals surface area contributed by atoms with Gasteiger partial charge in [-0.2, -0.15) is 0 Å². The lowest BCUT2D eigenvalue weighted by Gasteiger charge is -2.34. The first kappa shape index (κ1) is 19.2. The maximum absolute atomic E-state index is 12.6. The Morgan fingerprint density at radius 1 is 1.11 bits per heavy atom. The van der Waals surface area contributed by atoms with Crippen LogP contribution < -0.4 is 9.47 Å². The number of benzene rings is 1. The molecular weight excluding hydrogens is 342 g/mol. The van der Waals surface area contributed by atoms with E-state index < -0.39 is 0 Å². The molecule has 144 valence electrons. The van der Waals surface area contributed by atoms with Crippen molar-refractivity contribution in [1.82, 2.24) is 14.8 Å². The molecule has 2 aromatic rings. The SMILES string of the molecule is COc1ccc(OC)c(CCC(=O)N2CCN(Cc3cccnc3)CC2)c1. The molecule has 0 bridgehead atoms. The highest BCUT2D eigenvalue weighted by Crippen LogP contribution is 2.25. The van der Waals surface area contributed by atoms with Crippen molar-refractivity contribution >= 4 is 5.91 Å². The van der Waals surface area contributed by atoms with Gasteiger partial charge < -0.3 is 14.4 Å². The van der Waals surface area contributed by atoms with Gasteiger partial charge in [-0.05, 0) is 41.8 Å². The highest BCUT2D eigenvalue weighted by Gasteiger charge is 2.21. The van der Waals surface area contributed by atoms with Gasteiger partial charge in [0.1, 0.15) is 11.5 Å². The first-order valence-corrected chi connectivity index (χ1v) is 9.29. The number of carbonyl (C=O) groups is 1. The summed E-state index contributed by atoms with van der Waals surface area (Å²) in [6, 6.07) is 9.74. The molecule has 1 amide bonds. The fourth-order valence-electron chi connectivity index (χ4n) is 3.38. The van der Waals surface area contributed by atoms with Gasteiger partial charge in [0.15, 0.2) is 0 Å². The van der Waals surface area contributed by atoms with E-state index in [0.717, 1.165) is 49.8 Å². The summed E-state index contributed by atoms with van der Waals surface area (Å²) in [5.41, 5.74) is 2.21. The van der Waals surface area contributed by atoms with Crippen molar-refractivity contribution in [1.29, 1.82) is 0 Å². The summed E-state index contributed by atoms with van der Waals surface area (Å²) >= 11 is 0. The van der Waals surface area contributed by atoms with E-state index in [4.69, 9.17) is 9.47 Å². The van der Waals surface area contributed by atoms with Crippen LogP contribution in [0.25, 0.3) is 0 Å². The topological polar surface area (TPSA) is 54.9 Å². The van der Waals surface area contributed by atoms with Gasteiger partial charge in [-0.1, -0.05) is 6.07 Å². The molecule has 1 saturated heterocycles. The molecule has 0 atom stereocenters. The third-order valence-corrected chi connectivity index (χ3v) is 4.95. The smallest absolute Gasteiger partial charge is 0.222 e. The van der Waals surface area contributed by atoms with Gasteiger partial charge >= 0.3 is 0 Å². The first-order valence-electron chi connectivity index (χ1n) is 9.29. The number of rotatable bonds is 7. The quantitative estimate of drug-likeness (QED) is 0.750. The van der Waals surface area contributed by atoms with Crippen LogP contribution in [0.4, 0.5) is 0 Å². The van der Waals surface area contributed by atoms with E-state index in [1.54, 1.807) is 20.4 Å². The van der Waals surface area contributed by atoms with E-state index in [1.165, 1.54) is 5.56 Å². The van der Waals surface area contributed by atoms with Crippen LogP contribution in [-0.4, -0.2) is 61.1 Å². The number of hydrogen-bond acceptors (Lipinski definition) is 5. The highest BCUT2D eigenvalue weighted by atomic mass is 16.5. The van der Waals surface area contributed by atoms with E-state index in [-0.39, 0.29) is 5.91 Å². The predicted molar refractivity (Wildman–Crippen MR) is 104 cm³/mol. The molecule has 0 spiro atoms. The van der Waals surface area contributed by atoms with Crippen LogP contribution in [0.1, 0.15) is 17.5 Å². The molecule has 0 unspecified atom stereocenters. The Morgan fingerprint density at radius 2 is 1.93 bits per heavy atom. The van der Waals surface area contributed by atoms with Gasteiger partial charge in [-0.3, -0.25) is 14.7 Å². The van der Waals surface area contributed by atoms with Gasteiger partial charge in [-0.15, -0.1) is 0 Å². The zero-order valence-electron chi connectivity index (χ0n) is 16.1. The van der Waals surface area contributed by atoms with Gasteiger partial charge in [0.2, 0.25) is 5.91 Å². The third-order valence-electron chi connectivity index (χ3n) is 4.95. The first-order chi connectivity index (χ1) is 13.2. The molecule has 1 aromatic heterocycles. The van der Waals surface area contributed by atoms with Crippen molar-refractivity contribution in [3.8, 4) is 11.5 Å². The highest BCUT2D eigenvalue weighted by molar-refractivity contribution is 5.76. The number of aromatic nitrogens is 1. The summed E-state index contributed by atoms with van der Waals surface area (Å²) in [5.74, 6) is 1.77. The minimum absolute atomic E-state index is 0.195. The lowest BCUT2D eigenvalue weighted by molar-refractivity contribution is -0.133. The normalized spacial score (nSPS) is 14.8. The molecule has 1 aliphatic heterocycles. The monoisotopic (exact) mass is 369 g/mol. The molecule has 1 fully saturated rings. The Bertz CT molecular complexity index is 744.